The van der Waals surface area contributed by atoms with Gasteiger partial charge < -0.3 is 15.0 Å². The van der Waals surface area contributed by atoms with Crippen LogP contribution in [0.5, 0.6) is 5.75 Å². The van der Waals surface area contributed by atoms with E-state index in [4.69, 9.17) is 0 Å². The van der Waals surface area contributed by atoms with E-state index in [1.54, 1.807) is 16.8 Å². The lowest BCUT2D eigenvalue weighted by atomic mass is 10.2. The average molecular weight is 415 g/mol. The highest BCUT2D eigenvalue weighted by Crippen LogP contribution is 2.17. The molecule has 30 heavy (non-hydrogen) atoms. The number of aryl methyl sites for hydroxylation is 2. The molecule has 6 nitrogen and oxygen atoms in total. The number of amides is 1. The van der Waals surface area contributed by atoms with E-state index in [9.17, 15) is 13.6 Å². The molecule has 0 aliphatic heterocycles. The summed E-state index contributed by atoms with van der Waals surface area (Å²) in [6, 6.07) is 16.2. The summed E-state index contributed by atoms with van der Waals surface area (Å²) in [7, 11) is 1.89. The van der Waals surface area contributed by atoms with Crippen molar-refractivity contribution >= 4 is 11.7 Å². The Hall–Kier alpha value is -3.26. The molecule has 1 heterocycles. The van der Waals surface area contributed by atoms with Crippen molar-refractivity contribution in [3.05, 3.63) is 71.4 Å². The van der Waals surface area contributed by atoms with Gasteiger partial charge in [0.15, 0.2) is 6.54 Å². The van der Waals surface area contributed by atoms with Crippen LogP contribution in [0.2, 0.25) is 0 Å². The van der Waals surface area contributed by atoms with Crippen LogP contribution in [0.3, 0.4) is 0 Å². The summed E-state index contributed by atoms with van der Waals surface area (Å²) in [5.74, 6) is 0.588. The van der Waals surface area contributed by atoms with Gasteiger partial charge in [-0.1, -0.05) is 17.7 Å². The second-order valence-corrected chi connectivity index (χ2v) is 7.30. The molecule has 0 aliphatic carbocycles. The Morgan fingerprint density at radius 1 is 1.13 bits per heavy atom. The SMILES string of the molecule is Cc1ccc(-n2nc(C)cc2NC(=O)C[NH+](C)Cc2ccc(OC(F)F)cc2)cc1. The number of halogens is 2. The molecule has 0 spiro atoms. The van der Waals surface area contributed by atoms with Crippen molar-refractivity contribution in [3.63, 3.8) is 0 Å². The monoisotopic (exact) mass is 415 g/mol. The number of ether oxygens (including phenoxy) is 1. The summed E-state index contributed by atoms with van der Waals surface area (Å²) in [4.78, 5) is 13.5. The lowest BCUT2D eigenvalue weighted by molar-refractivity contribution is -0.885. The quantitative estimate of drug-likeness (QED) is 0.595. The van der Waals surface area contributed by atoms with E-state index in [0.29, 0.717) is 12.4 Å². The number of carbonyl (C=O) groups is 1. The second-order valence-electron chi connectivity index (χ2n) is 7.30. The average Bonchev–Trinajstić information content (AvgIpc) is 3.03. The molecule has 1 unspecified atom stereocenters. The Kier molecular flexibility index (Phi) is 6.79. The summed E-state index contributed by atoms with van der Waals surface area (Å²) in [6.07, 6.45) is 0. The number of carbonyl (C=O) groups excluding carboxylic acids is 1. The topological polar surface area (TPSA) is 60.6 Å². The summed E-state index contributed by atoms with van der Waals surface area (Å²) in [5.41, 5.74) is 3.74. The van der Waals surface area contributed by atoms with Crippen LogP contribution in [-0.2, 0) is 11.3 Å². The van der Waals surface area contributed by atoms with Crippen molar-refractivity contribution in [1.29, 1.82) is 0 Å². The summed E-state index contributed by atoms with van der Waals surface area (Å²) < 4.78 is 30.5. The molecular formula is C22H25F2N4O2+. The number of quaternary nitrogens is 1. The van der Waals surface area contributed by atoms with Gasteiger partial charge in [-0.05, 0) is 50.2 Å². The highest BCUT2D eigenvalue weighted by Gasteiger charge is 2.15. The van der Waals surface area contributed by atoms with Gasteiger partial charge in [-0.15, -0.1) is 0 Å². The number of anilines is 1. The van der Waals surface area contributed by atoms with E-state index in [-0.39, 0.29) is 18.2 Å². The third kappa shape index (κ3) is 5.87. The standard InChI is InChI=1S/C22H24F2N4O2/c1-15-4-8-18(9-5-15)28-20(12-16(2)26-28)25-21(29)14-27(3)13-17-6-10-19(11-7-17)30-22(23)24/h4-12,22H,13-14H2,1-3H3,(H,25,29)/p+1. The number of benzene rings is 2. The van der Waals surface area contributed by atoms with Crippen molar-refractivity contribution in [2.24, 2.45) is 0 Å². The number of hydrogen-bond acceptors (Lipinski definition) is 3. The Balaban J connectivity index is 1.60. The maximum atomic E-state index is 12.6. The Morgan fingerprint density at radius 3 is 2.43 bits per heavy atom. The smallest absolute Gasteiger partial charge is 0.387 e. The van der Waals surface area contributed by atoms with Gasteiger partial charge in [0.25, 0.3) is 5.91 Å². The number of nitrogens with one attached hydrogen (secondary N) is 2. The molecule has 1 amide bonds. The number of alkyl halides is 2. The molecule has 2 aromatic carbocycles. The first kappa shape index (κ1) is 21.4. The Morgan fingerprint density at radius 2 is 1.80 bits per heavy atom. The molecule has 0 aliphatic rings. The van der Waals surface area contributed by atoms with Crippen LogP contribution >= 0.6 is 0 Å². The first-order valence-electron chi connectivity index (χ1n) is 9.59. The molecule has 1 atom stereocenters. The molecule has 0 bridgehead atoms. The maximum Gasteiger partial charge on any atom is 0.387 e. The van der Waals surface area contributed by atoms with E-state index in [1.165, 1.54) is 12.1 Å². The zero-order valence-electron chi connectivity index (χ0n) is 17.2. The lowest BCUT2D eigenvalue weighted by Crippen LogP contribution is -3.08. The Bertz CT molecular complexity index is 985. The minimum atomic E-state index is -2.84. The van der Waals surface area contributed by atoms with Crippen LogP contribution in [-0.4, -0.2) is 35.9 Å². The van der Waals surface area contributed by atoms with Crippen LogP contribution in [0.1, 0.15) is 16.8 Å². The number of rotatable bonds is 8. The molecule has 1 aromatic heterocycles. The van der Waals surface area contributed by atoms with Crippen molar-refractivity contribution < 1.29 is 23.2 Å². The van der Waals surface area contributed by atoms with Gasteiger partial charge in [-0.3, -0.25) is 4.79 Å². The predicted molar refractivity (Wildman–Crippen MR) is 110 cm³/mol. The fraction of sp³-hybridized carbons (Fsp3) is 0.273. The van der Waals surface area contributed by atoms with Crippen LogP contribution < -0.4 is 15.0 Å². The lowest BCUT2D eigenvalue weighted by Gasteiger charge is -2.15. The summed E-state index contributed by atoms with van der Waals surface area (Å²) >= 11 is 0. The van der Waals surface area contributed by atoms with E-state index in [2.05, 4.69) is 15.2 Å². The molecule has 158 valence electrons. The van der Waals surface area contributed by atoms with Gasteiger partial charge in [0.05, 0.1) is 18.4 Å². The first-order valence-corrected chi connectivity index (χ1v) is 9.59. The molecule has 2 N–H and O–H groups in total. The van der Waals surface area contributed by atoms with Gasteiger partial charge in [-0.2, -0.15) is 13.9 Å². The van der Waals surface area contributed by atoms with Crippen molar-refractivity contribution in [3.8, 4) is 11.4 Å². The molecule has 0 radical (unpaired) electrons. The molecule has 3 rings (SSSR count). The van der Waals surface area contributed by atoms with E-state index in [1.807, 2.05) is 51.2 Å². The minimum Gasteiger partial charge on any atom is -0.435 e. The van der Waals surface area contributed by atoms with Gasteiger partial charge in [-0.25, -0.2) is 4.68 Å². The third-order valence-electron chi connectivity index (χ3n) is 4.49. The van der Waals surface area contributed by atoms with E-state index in [0.717, 1.165) is 27.4 Å². The summed E-state index contributed by atoms with van der Waals surface area (Å²) in [6.45, 7) is 1.86. The van der Waals surface area contributed by atoms with Crippen molar-refractivity contribution in [2.45, 2.75) is 27.0 Å². The Labute approximate surface area is 174 Å². The molecule has 8 heteroatoms. The van der Waals surface area contributed by atoms with Crippen LogP contribution in [0, 0.1) is 13.8 Å². The highest BCUT2D eigenvalue weighted by molar-refractivity contribution is 5.91. The zero-order chi connectivity index (χ0) is 21.7. The molecule has 3 aromatic rings. The number of likely N-dealkylation sites (N-methyl/N-ethyl adjacent to an activating group) is 1. The largest absolute Gasteiger partial charge is 0.435 e. The van der Waals surface area contributed by atoms with Crippen LogP contribution in [0.4, 0.5) is 14.6 Å². The van der Waals surface area contributed by atoms with Gasteiger partial charge in [0.2, 0.25) is 0 Å². The van der Waals surface area contributed by atoms with Gasteiger partial charge >= 0.3 is 6.61 Å². The fourth-order valence-corrected chi connectivity index (χ4v) is 3.13. The normalized spacial score (nSPS) is 12.1. The van der Waals surface area contributed by atoms with Crippen LogP contribution in [0.15, 0.2) is 54.6 Å². The van der Waals surface area contributed by atoms with E-state index < -0.39 is 6.61 Å². The number of hydrogen-bond donors (Lipinski definition) is 2. The first-order chi connectivity index (χ1) is 14.3. The molecular weight excluding hydrogens is 390 g/mol. The highest BCUT2D eigenvalue weighted by atomic mass is 19.3. The molecule has 0 saturated heterocycles. The second kappa shape index (κ2) is 9.49. The van der Waals surface area contributed by atoms with Crippen molar-refractivity contribution in [2.75, 3.05) is 18.9 Å². The van der Waals surface area contributed by atoms with E-state index >= 15 is 0 Å². The minimum absolute atomic E-state index is 0.115. The van der Waals surface area contributed by atoms with Gasteiger partial charge in [0, 0.05) is 11.6 Å². The maximum absolute atomic E-state index is 12.6. The number of nitrogens with zero attached hydrogens (tertiary/aromatic N) is 2. The fourth-order valence-electron chi connectivity index (χ4n) is 3.13. The van der Waals surface area contributed by atoms with Gasteiger partial charge in [0.1, 0.15) is 18.1 Å². The zero-order valence-corrected chi connectivity index (χ0v) is 17.2. The molecule has 0 fully saturated rings. The summed E-state index contributed by atoms with van der Waals surface area (Å²) in [5, 5.41) is 7.40. The van der Waals surface area contributed by atoms with Crippen LogP contribution in [0.25, 0.3) is 5.69 Å². The molecule has 0 saturated carbocycles. The van der Waals surface area contributed by atoms with Crippen molar-refractivity contribution in [1.82, 2.24) is 9.78 Å². The predicted octanol–water partition coefficient (Wildman–Crippen LogP) is 2.74. The number of aromatic nitrogens is 2. The third-order valence-corrected chi connectivity index (χ3v) is 4.49.